The Kier molecular flexibility index (Phi) is 6.19. The van der Waals surface area contributed by atoms with Crippen molar-refractivity contribution in [1.29, 1.82) is 0 Å². The molecule has 1 aromatic heterocycles. The van der Waals surface area contributed by atoms with Crippen molar-refractivity contribution in [3.05, 3.63) is 102 Å². The highest BCUT2D eigenvalue weighted by molar-refractivity contribution is 7.98. The number of rotatable bonds is 7. The number of aromatic nitrogens is 1. The standard InChI is InChI=1S/C25H23FN2OS/c1-18-9-11-20(12-10-18)25(29)27-13-14-28-16-24(22-7-2-3-8-23(22)28)30-17-19-5-4-6-21(26)15-19/h2-12,15-16H,13-14,17H2,1H3,(H,27,29). The van der Waals surface area contributed by atoms with Crippen molar-refractivity contribution >= 4 is 28.6 Å². The molecular formula is C25H23FN2OS. The number of aryl methyl sites for hydroxylation is 1. The first-order valence-corrected chi connectivity index (χ1v) is 10.9. The molecule has 0 aliphatic rings. The van der Waals surface area contributed by atoms with Crippen molar-refractivity contribution in [3.63, 3.8) is 0 Å². The summed E-state index contributed by atoms with van der Waals surface area (Å²) in [5, 5.41) is 4.17. The van der Waals surface area contributed by atoms with Gasteiger partial charge in [-0.15, -0.1) is 11.8 Å². The van der Waals surface area contributed by atoms with Crippen LogP contribution in [0.4, 0.5) is 4.39 Å². The van der Waals surface area contributed by atoms with Gasteiger partial charge in [0.2, 0.25) is 0 Å². The summed E-state index contributed by atoms with van der Waals surface area (Å²) in [7, 11) is 0. The van der Waals surface area contributed by atoms with Gasteiger partial charge in [0.15, 0.2) is 0 Å². The first-order valence-electron chi connectivity index (χ1n) is 9.90. The lowest BCUT2D eigenvalue weighted by Gasteiger charge is -2.08. The Bertz CT molecular complexity index is 1170. The molecule has 0 unspecified atom stereocenters. The molecule has 0 aliphatic heterocycles. The number of carbonyl (C=O) groups excluding carboxylic acids is 1. The van der Waals surface area contributed by atoms with Crippen molar-refractivity contribution in [2.75, 3.05) is 6.54 Å². The number of halogens is 1. The van der Waals surface area contributed by atoms with E-state index in [2.05, 4.69) is 28.2 Å². The first-order chi connectivity index (χ1) is 14.6. The van der Waals surface area contributed by atoms with E-state index in [-0.39, 0.29) is 11.7 Å². The Morgan fingerprint density at radius 1 is 1.03 bits per heavy atom. The predicted molar refractivity (Wildman–Crippen MR) is 121 cm³/mol. The molecule has 1 heterocycles. The van der Waals surface area contributed by atoms with Crippen molar-refractivity contribution in [1.82, 2.24) is 9.88 Å². The van der Waals surface area contributed by atoms with Crippen LogP contribution in [0.1, 0.15) is 21.5 Å². The van der Waals surface area contributed by atoms with Crippen LogP contribution in [0.2, 0.25) is 0 Å². The van der Waals surface area contributed by atoms with Crippen LogP contribution in [0.5, 0.6) is 0 Å². The number of nitrogens with zero attached hydrogens (tertiary/aromatic N) is 1. The van der Waals surface area contributed by atoms with Crippen molar-refractivity contribution in [2.45, 2.75) is 24.1 Å². The molecule has 0 saturated heterocycles. The quantitative estimate of drug-likeness (QED) is 0.384. The lowest BCUT2D eigenvalue weighted by atomic mass is 10.1. The highest BCUT2D eigenvalue weighted by Gasteiger charge is 2.10. The molecule has 1 amide bonds. The summed E-state index contributed by atoms with van der Waals surface area (Å²) >= 11 is 1.70. The minimum absolute atomic E-state index is 0.0628. The van der Waals surface area contributed by atoms with E-state index in [0.29, 0.717) is 24.4 Å². The summed E-state index contributed by atoms with van der Waals surface area (Å²) < 4.78 is 15.6. The maximum Gasteiger partial charge on any atom is 0.251 e. The van der Waals surface area contributed by atoms with Crippen LogP contribution in [0, 0.1) is 12.7 Å². The van der Waals surface area contributed by atoms with Gasteiger partial charge < -0.3 is 9.88 Å². The largest absolute Gasteiger partial charge is 0.350 e. The van der Waals surface area contributed by atoms with Crippen molar-refractivity contribution in [2.24, 2.45) is 0 Å². The SMILES string of the molecule is Cc1ccc(C(=O)NCCn2cc(SCc3cccc(F)c3)c3ccccc32)cc1. The van der Waals surface area contributed by atoms with Crippen molar-refractivity contribution in [3.8, 4) is 0 Å². The molecule has 152 valence electrons. The number of benzene rings is 3. The number of nitrogens with one attached hydrogen (secondary N) is 1. The number of hydrogen-bond donors (Lipinski definition) is 1. The fraction of sp³-hybridized carbons (Fsp3) is 0.160. The van der Waals surface area contributed by atoms with Crippen LogP contribution in [0.25, 0.3) is 10.9 Å². The summed E-state index contributed by atoms with van der Waals surface area (Å²) in [5.74, 6) is 0.433. The Labute approximate surface area is 179 Å². The Hall–Kier alpha value is -3.05. The zero-order valence-electron chi connectivity index (χ0n) is 16.8. The van der Waals surface area contributed by atoms with Gasteiger partial charge in [-0.1, -0.05) is 48.0 Å². The normalized spacial score (nSPS) is 11.0. The molecule has 4 aromatic rings. The summed E-state index contributed by atoms with van der Waals surface area (Å²) in [5.41, 5.74) is 3.89. The zero-order valence-corrected chi connectivity index (χ0v) is 17.6. The van der Waals surface area contributed by atoms with Gasteiger partial charge in [-0.3, -0.25) is 4.79 Å². The van der Waals surface area contributed by atoms with E-state index < -0.39 is 0 Å². The minimum atomic E-state index is -0.208. The van der Waals surface area contributed by atoms with E-state index in [0.717, 1.165) is 21.5 Å². The Morgan fingerprint density at radius 2 is 1.83 bits per heavy atom. The second-order valence-corrected chi connectivity index (χ2v) is 8.26. The molecule has 0 radical (unpaired) electrons. The minimum Gasteiger partial charge on any atom is -0.350 e. The molecule has 0 fully saturated rings. The fourth-order valence-corrected chi connectivity index (χ4v) is 4.43. The number of amides is 1. The number of hydrogen-bond acceptors (Lipinski definition) is 2. The number of para-hydroxylation sites is 1. The van der Waals surface area contributed by atoms with Gasteiger partial charge in [-0.25, -0.2) is 4.39 Å². The molecule has 1 N–H and O–H groups in total. The zero-order chi connectivity index (χ0) is 20.9. The average Bonchev–Trinajstić information content (AvgIpc) is 3.11. The van der Waals surface area contributed by atoms with Gasteiger partial charge in [0.1, 0.15) is 5.82 Å². The summed E-state index contributed by atoms with van der Waals surface area (Å²) in [6.45, 7) is 3.22. The second kappa shape index (κ2) is 9.18. The van der Waals surface area contributed by atoms with E-state index in [4.69, 9.17) is 0 Å². The molecule has 3 nitrogen and oxygen atoms in total. The summed E-state index contributed by atoms with van der Waals surface area (Å²) in [6.07, 6.45) is 2.12. The number of carbonyl (C=O) groups is 1. The van der Waals surface area contributed by atoms with Crippen LogP contribution >= 0.6 is 11.8 Å². The molecule has 4 rings (SSSR count). The van der Waals surface area contributed by atoms with Gasteiger partial charge in [0.05, 0.1) is 0 Å². The third kappa shape index (κ3) is 4.74. The summed E-state index contributed by atoms with van der Waals surface area (Å²) in [6, 6.07) is 22.5. The molecule has 0 saturated carbocycles. The third-order valence-electron chi connectivity index (χ3n) is 4.99. The lowest BCUT2D eigenvalue weighted by Crippen LogP contribution is -2.27. The Morgan fingerprint density at radius 3 is 2.63 bits per heavy atom. The molecule has 0 atom stereocenters. The van der Waals surface area contributed by atoms with E-state index in [1.54, 1.807) is 23.9 Å². The van der Waals surface area contributed by atoms with Crippen LogP contribution in [-0.2, 0) is 12.3 Å². The van der Waals surface area contributed by atoms with E-state index >= 15 is 0 Å². The van der Waals surface area contributed by atoms with Crippen LogP contribution < -0.4 is 5.32 Å². The van der Waals surface area contributed by atoms with Gasteiger partial charge in [0, 0.05) is 46.4 Å². The van der Waals surface area contributed by atoms with Gasteiger partial charge in [-0.2, -0.15) is 0 Å². The maximum atomic E-state index is 13.4. The number of fused-ring (bicyclic) bond motifs is 1. The van der Waals surface area contributed by atoms with E-state index in [1.165, 1.54) is 11.5 Å². The third-order valence-corrected chi connectivity index (χ3v) is 6.10. The fourth-order valence-electron chi connectivity index (χ4n) is 3.40. The molecule has 0 bridgehead atoms. The molecular weight excluding hydrogens is 395 g/mol. The number of thioether (sulfide) groups is 1. The molecule has 30 heavy (non-hydrogen) atoms. The smallest absolute Gasteiger partial charge is 0.251 e. The molecule has 0 aliphatic carbocycles. The highest BCUT2D eigenvalue weighted by atomic mass is 32.2. The molecule has 5 heteroatoms. The molecule has 3 aromatic carbocycles. The average molecular weight is 419 g/mol. The predicted octanol–water partition coefficient (Wildman–Crippen LogP) is 5.81. The Balaban J connectivity index is 1.44. The van der Waals surface area contributed by atoms with Gasteiger partial charge in [0.25, 0.3) is 5.91 Å². The summed E-state index contributed by atoms with van der Waals surface area (Å²) in [4.78, 5) is 13.5. The first kappa shape index (κ1) is 20.2. The lowest BCUT2D eigenvalue weighted by molar-refractivity contribution is 0.0952. The second-order valence-electron chi connectivity index (χ2n) is 7.24. The van der Waals surface area contributed by atoms with Gasteiger partial charge >= 0.3 is 0 Å². The van der Waals surface area contributed by atoms with Crippen molar-refractivity contribution < 1.29 is 9.18 Å². The van der Waals surface area contributed by atoms with E-state index in [1.807, 2.05) is 49.4 Å². The van der Waals surface area contributed by atoms with Crippen LogP contribution in [-0.4, -0.2) is 17.0 Å². The monoisotopic (exact) mass is 418 g/mol. The van der Waals surface area contributed by atoms with Gasteiger partial charge in [-0.05, 0) is 42.8 Å². The maximum absolute atomic E-state index is 13.4. The molecule has 0 spiro atoms. The topological polar surface area (TPSA) is 34.0 Å². The van der Waals surface area contributed by atoms with Crippen LogP contribution in [0.15, 0.2) is 83.9 Å². The highest BCUT2D eigenvalue weighted by Crippen LogP contribution is 2.32. The van der Waals surface area contributed by atoms with Crippen LogP contribution in [0.3, 0.4) is 0 Å². The van der Waals surface area contributed by atoms with E-state index in [9.17, 15) is 9.18 Å².